The Kier molecular flexibility index (Phi) is 20.4. The van der Waals surface area contributed by atoms with Gasteiger partial charge in [-0.15, -0.1) is 0 Å². The van der Waals surface area contributed by atoms with Gasteiger partial charge in [-0.1, -0.05) is 148 Å². The quantitative estimate of drug-likeness (QED) is 0.108. The number of halogens is 1. The molecule has 0 radical (unpaired) electrons. The van der Waals surface area contributed by atoms with Gasteiger partial charge in [0.1, 0.15) is 0 Å². The number of nitrogens with zero attached hydrogens (tertiary/aromatic N) is 1. The van der Waals surface area contributed by atoms with Crippen molar-refractivity contribution >= 4 is 0 Å². The number of unbranched alkanes of at least 4 members (excludes halogenated alkanes) is 20. The predicted octanol–water partition coefficient (Wildman–Crippen LogP) is 12.4. The molecule has 226 valence electrons. The van der Waals surface area contributed by atoms with Gasteiger partial charge in [-0.2, -0.15) is 0 Å². The fraction of sp³-hybridized carbons (Fsp3) is 0.703. The molecule has 0 unspecified atom stereocenters. The summed E-state index contributed by atoms with van der Waals surface area (Å²) >= 11 is 0. The molecule has 2 aromatic rings. The number of hydrogen-bond donors (Lipinski definition) is 0. The minimum atomic E-state index is -0.299. The van der Waals surface area contributed by atoms with E-state index in [9.17, 15) is 4.39 Å². The first-order valence-corrected chi connectivity index (χ1v) is 17.1. The van der Waals surface area contributed by atoms with Crippen molar-refractivity contribution in [1.82, 2.24) is 4.98 Å². The maximum absolute atomic E-state index is 14.7. The third kappa shape index (κ3) is 16.4. The van der Waals surface area contributed by atoms with Gasteiger partial charge >= 0.3 is 0 Å². The molecule has 1 aromatic heterocycles. The Bertz CT molecular complexity index is 850. The molecule has 0 amide bonds. The predicted molar refractivity (Wildman–Crippen MR) is 172 cm³/mol. The third-order valence-electron chi connectivity index (χ3n) is 8.13. The minimum absolute atomic E-state index is 0.299. The van der Waals surface area contributed by atoms with E-state index in [1.54, 1.807) is 12.1 Å². The second kappa shape index (κ2) is 23.8. The zero-order valence-corrected chi connectivity index (χ0v) is 26.2. The Labute approximate surface area is 246 Å². The molecule has 0 bridgehead atoms. The molecule has 0 aliphatic rings. The van der Waals surface area contributed by atoms with E-state index in [0.717, 1.165) is 30.5 Å². The maximum atomic E-state index is 14.7. The number of ether oxygens (including phenoxy) is 1. The van der Waals surface area contributed by atoms with Crippen LogP contribution >= 0.6 is 0 Å². The third-order valence-corrected chi connectivity index (χ3v) is 8.13. The lowest BCUT2D eigenvalue weighted by molar-refractivity contribution is 0.290. The Morgan fingerprint density at radius 1 is 0.575 bits per heavy atom. The van der Waals surface area contributed by atoms with Gasteiger partial charge in [-0.25, -0.2) is 4.39 Å². The van der Waals surface area contributed by atoms with E-state index in [4.69, 9.17) is 4.74 Å². The maximum Gasteiger partial charge on any atom is 0.165 e. The average Bonchev–Trinajstić information content (AvgIpc) is 2.97. The van der Waals surface area contributed by atoms with Crippen LogP contribution in [0, 0.1) is 5.82 Å². The monoisotopic (exact) mass is 553 g/mol. The largest absolute Gasteiger partial charge is 0.491 e. The van der Waals surface area contributed by atoms with Gasteiger partial charge in [-0.3, -0.25) is 4.98 Å². The first-order valence-electron chi connectivity index (χ1n) is 17.1. The van der Waals surface area contributed by atoms with Gasteiger partial charge in [0.2, 0.25) is 0 Å². The first kappa shape index (κ1) is 34.3. The SMILES string of the molecule is CCCCCCCCCCCCCCCCCCOc1ccc(-c2ccc(CCCCCCCC)cn2)cc1F. The molecule has 1 aromatic carbocycles. The highest BCUT2D eigenvalue weighted by atomic mass is 19.1. The molecule has 0 spiro atoms. The van der Waals surface area contributed by atoms with Crippen molar-refractivity contribution in [3.05, 3.63) is 47.9 Å². The van der Waals surface area contributed by atoms with Crippen molar-refractivity contribution < 1.29 is 9.13 Å². The van der Waals surface area contributed by atoms with E-state index in [2.05, 4.69) is 24.9 Å². The molecule has 0 atom stereocenters. The van der Waals surface area contributed by atoms with Gasteiger partial charge in [0, 0.05) is 11.8 Å². The Morgan fingerprint density at radius 3 is 1.55 bits per heavy atom. The molecule has 2 rings (SSSR count). The van der Waals surface area contributed by atoms with Gasteiger partial charge in [0.05, 0.1) is 12.3 Å². The zero-order valence-electron chi connectivity index (χ0n) is 26.2. The number of benzene rings is 1. The second-order valence-electron chi connectivity index (χ2n) is 11.9. The van der Waals surface area contributed by atoms with Crippen molar-refractivity contribution in [2.24, 2.45) is 0 Å². The molecular weight excluding hydrogens is 493 g/mol. The van der Waals surface area contributed by atoms with Crippen LogP contribution in [-0.4, -0.2) is 11.6 Å². The fourth-order valence-corrected chi connectivity index (χ4v) is 5.46. The molecule has 40 heavy (non-hydrogen) atoms. The van der Waals surface area contributed by atoms with Crippen molar-refractivity contribution in [1.29, 1.82) is 0 Å². The summed E-state index contributed by atoms with van der Waals surface area (Å²) in [6.45, 7) is 5.12. The molecule has 0 saturated carbocycles. The average molecular weight is 554 g/mol. The van der Waals surface area contributed by atoms with Crippen LogP contribution in [0.5, 0.6) is 5.75 Å². The smallest absolute Gasteiger partial charge is 0.165 e. The first-order chi connectivity index (χ1) is 19.7. The lowest BCUT2D eigenvalue weighted by Crippen LogP contribution is -1.99. The standard InChI is InChI=1S/C37H60FNO/c1-3-5-7-9-11-12-13-14-15-16-17-18-19-20-22-24-30-40-37-29-27-34(31-35(37)38)36-28-26-33(32-39-36)25-23-21-10-8-6-4-2/h26-29,31-32H,3-25,30H2,1-2H3. The molecule has 0 saturated heterocycles. The van der Waals surface area contributed by atoms with E-state index >= 15 is 0 Å². The highest BCUT2D eigenvalue weighted by molar-refractivity contribution is 5.60. The number of hydrogen-bond acceptors (Lipinski definition) is 2. The molecule has 0 aliphatic heterocycles. The minimum Gasteiger partial charge on any atom is -0.491 e. The van der Waals surface area contributed by atoms with Crippen molar-refractivity contribution in [3.63, 3.8) is 0 Å². The summed E-state index contributed by atoms with van der Waals surface area (Å²) in [4.78, 5) is 4.59. The van der Waals surface area contributed by atoms with Crippen LogP contribution in [0.15, 0.2) is 36.5 Å². The number of aryl methyl sites for hydroxylation is 1. The summed E-state index contributed by atoms with van der Waals surface area (Å²) in [6.07, 6.45) is 32.4. The number of rotatable bonds is 26. The second-order valence-corrected chi connectivity index (χ2v) is 11.9. The van der Waals surface area contributed by atoms with Crippen LogP contribution in [0.25, 0.3) is 11.3 Å². The molecule has 2 nitrogen and oxygen atoms in total. The summed E-state index contributed by atoms with van der Waals surface area (Å²) in [7, 11) is 0. The summed E-state index contributed by atoms with van der Waals surface area (Å²) in [5, 5.41) is 0. The van der Waals surface area contributed by atoms with Crippen LogP contribution in [0.3, 0.4) is 0 Å². The summed E-state index contributed by atoms with van der Waals surface area (Å²) in [5.41, 5.74) is 2.88. The van der Waals surface area contributed by atoms with Crippen LogP contribution in [0.2, 0.25) is 0 Å². The Morgan fingerprint density at radius 2 is 1.07 bits per heavy atom. The molecule has 0 aliphatic carbocycles. The van der Waals surface area contributed by atoms with E-state index in [1.807, 2.05) is 18.3 Å². The number of aromatic nitrogens is 1. The zero-order chi connectivity index (χ0) is 28.5. The fourth-order valence-electron chi connectivity index (χ4n) is 5.46. The number of pyridine rings is 1. The normalized spacial score (nSPS) is 11.3. The topological polar surface area (TPSA) is 22.1 Å². The summed E-state index contributed by atoms with van der Waals surface area (Å²) in [6, 6.07) is 9.37. The molecular formula is C37H60FNO. The lowest BCUT2D eigenvalue weighted by atomic mass is 10.0. The molecule has 0 N–H and O–H groups in total. The summed E-state index contributed by atoms with van der Waals surface area (Å²) < 4.78 is 20.4. The van der Waals surface area contributed by atoms with E-state index in [1.165, 1.54) is 134 Å². The molecule has 0 fully saturated rings. The highest BCUT2D eigenvalue weighted by Crippen LogP contribution is 2.25. The van der Waals surface area contributed by atoms with Crippen LogP contribution in [0.4, 0.5) is 4.39 Å². The van der Waals surface area contributed by atoms with Crippen LogP contribution in [-0.2, 0) is 6.42 Å². The Balaban J connectivity index is 1.49. The van der Waals surface area contributed by atoms with Crippen LogP contribution < -0.4 is 4.74 Å². The van der Waals surface area contributed by atoms with Gasteiger partial charge in [0.25, 0.3) is 0 Å². The molecule has 3 heteroatoms. The van der Waals surface area contributed by atoms with Gasteiger partial charge in [0.15, 0.2) is 11.6 Å². The van der Waals surface area contributed by atoms with Gasteiger partial charge in [-0.05, 0) is 49.1 Å². The van der Waals surface area contributed by atoms with Crippen LogP contribution in [0.1, 0.15) is 161 Å². The van der Waals surface area contributed by atoms with Crippen molar-refractivity contribution in [2.75, 3.05) is 6.61 Å². The molecule has 1 heterocycles. The van der Waals surface area contributed by atoms with Crippen molar-refractivity contribution in [2.45, 2.75) is 162 Å². The van der Waals surface area contributed by atoms with E-state index < -0.39 is 0 Å². The summed E-state index contributed by atoms with van der Waals surface area (Å²) in [5.74, 6) is 0.0522. The van der Waals surface area contributed by atoms with Gasteiger partial charge < -0.3 is 4.74 Å². The van der Waals surface area contributed by atoms with Crippen molar-refractivity contribution in [3.8, 4) is 17.0 Å². The lowest BCUT2D eigenvalue weighted by Gasteiger charge is -2.09. The van der Waals surface area contributed by atoms with E-state index in [-0.39, 0.29) is 5.82 Å². The Hall–Kier alpha value is -1.90. The van der Waals surface area contributed by atoms with E-state index in [0.29, 0.717) is 12.4 Å². The highest BCUT2D eigenvalue weighted by Gasteiger charge is 2.08.